The van der Waals surface area contributed by atoms with Gasteiger partial charge in [0.25, 0.3) is 0 Å². The van der Waals surface area contributed by atoms with Crippen LogP contribution >= 0.6 is 0 Å². The summed E-state index contributed by atoms with van der Waals surface area (Å²) in [5, 5.41) is 49.5. The topological polar surface area (TPSA) is 157 Å². The van der Waals surface area contributed by atoms with Gasteiger partial charge in [-0.15, -0.1) is 0 Å². The van der Waals surface area contributed by atoms with Crippen molar-refractivity contribution in [2.24, 2.45) is 0 Å². The third-order valence-electron chi connectivity index (χ3n) is 4.93. The number of esters is 1. The minimum absolute atomic E-state index is 0.150. The summed E-state index contributed by atoms with van der Waals surface area (Å²) in [4.78, 5) is 24.3. The molecule has 0 radical (unpaired) electrons. The van der Waals surface area contributed by atoms with E-state index in [0.717, 1.165) is 11.1 Å². The summed E-state index contributed by atoms with van der Waals surface area (Å²) >= 11 is 0. The van der Waals surface area contributed by atoms with Crippen LogP contribution in [0.2, 0.25) is 0 Å². The standard InChI is InChI=1S/C22H35NO8/c1-12(2)14-6-5-7-15(13(3)4)22(14)31-19(28)9-8-18(27)23-10-16(25)20(29)21(30)17(26)11-24/h5-7,12-13,16-17,20-21,24-26,29-30H,8-11H2,1-4H3,(H,23,27). The molecule has 6 N–H and O–H groups in total. The lowest BCUT2D eigenvalue weighted by atomic mass is 9.94. The van der Waals surface area contributed by atoms with E-state index in [2.05, 4.69) is 5.32 Å². The number of aliphatic hydroxyl groups is 5. The van der Waals surface area contributed by atoms with Crippen LogP contribution in [0, 0.1) is 0 Å². The Labute approximate surface area is 182 Å². The van der Waals surface area contributed by atoms with Gasteiger partial charge >= 0.3 is 5.97 Å². The number of amides is 1. The monoisotopic (exact) mass is 441 g/mol. The van der Waals surface area contributed by atoms with E-state index in [1.165, 1.54) is 0 Å². The van der Waals surface area contributed by atoms with E-state index >= 15 is 0 Å². The van der Waals surface area contributed by atoms with E-state index in [9.17, 15) is 30.0 Å². The second-order valence-electron chi connectivity index (χ2n) is 8.15. The smallest absolute Gasteiger partial charge is 0.311 e. The SMILES string of the molecule is CC(C)c1cccc(C(C)C)c1OC(=O)CCC(=O)NCC(O)C(O)C(O)C(O)CO. The van der Waals surface area contributed by atoms with Crippen molar-refractivity contribution in [3.05, 3.63) is 29.3 Å². The Balaban J connectivity index is 2.60. The molecule has 0 bridgehead atoms. The Hall–Kier alpha value is -2.04. The van der Waals surface area contributed by atoms with Gasteiger partial charge in [-0.25, -0.2) is 0 Å². The van der Waals surface area contributed by atoms with Gasteiger partial charge in [0, 0.05) is 13.0 Å². The van der Waals surface area contributed by atoms with E-state index in [0.29, 0.717) is 5.75 Å². The van der Waals surface area contributed by atoms with Crippen LogP contribution in [0.1, 0.15) is 63.5 Å². The number of carbonyl (C=O) groups excluding carboxylic acids is 2. The number of rotatable bonds is 12. The number of para-hydroxylation sites is 1. The van der Waals surface area contributed by atoms with Gasteiger partial charge in [0.1, 0.15) is 24.1 Å². The molecule has 1 amide bonds. The number of nitrogens with one attached hydrogen (secondary N) is 1. The van der Waals surface area contributed by atoms with Crippen LogP contribution in [0.3, 0.4) is 0 Å². The first-order valence-electron chi connectivity index (χ1n) is 10.4. The lowest BCUT2D eigenvalue weighted by molar-refractivity contribution is -0.137. The zero-order valence-corrected chi connectivity index (χ0v) is 18.5. The predicted molar refractivity (Wildman–Crippen MR) is 114 cm³/mol. The van der Waals surface area contributed by atoms with Crippen molar-refractivity contribution in [2.45, 2.75) is 76.8 Å². The van der Waals surface area contributed by atoms with E-state index < -0.39 is 49.4 Å². The van der Waals surface area contributed by atoms with Crippen LogP contribution in [0.5, 0.6) is 5.75 Å². The van der Waals surface area contributed by atoms with Gasteiger partial charge < -0.3 is 35.6 Å². The number of carbonyl (C=O) groups is 2. The largest absolute Gasteiger partial charge is 0.426 e. The summed E-state index contributed by atoms with van der Waals surface area (Å²) in [6.07, 6.45) is -7.11. The minimum Gasteiger partial charge on any atom is -0.426 e. The van der Waals surface area contributed by atoms with Gasteiger partial charge in [-0.1, -0.05) is 45.9 Å². The normalized spacial score (nSPS) is 15.5. The Bertz CT molecular complexity index is 695. The molecule has 0 aliphatic rings. The first-order chi connectivity index (χ1) is 14.5. The second kappa shape index (κ2) is 12.7. The molecule has 1 rings (SSSR count). The number of hydrogen-bond acceptors (Lipinski definition) is 8. The van der Waals surface area contributed by atoms with Gasteiger partial charge in [-0.2, -0.15) is 0 Å². The van der Waals surface area contributed by atoms with Gasteiger partial charge in [0.05, 0.1) is 19.1 Å². The molecule has 4 unspecified atom stereocenters. The van der Waals surface area contributed by atoms with E-state index in [1.54, 1.807) is 0 Å². The van der Waals surface area contributed by atoms with Crippen LogP contribution in [0.25, 0.3) is 0 Å². The highest BCUT2D eigenvalue weighted by Gasteiger charge is 2.30. The second-order valence-corrected chi connectivity index (χ2v) is 8.15. The lowest BCUT2D eigenvalue weighted by Gasteiger charge is -2.25. The molecule has 0 saturated carbocycles. The molecule has 176 valence electrons. The van der Waals surface area contributed by atoms with Crippen LogP contribution in [-0.4, -0.2) is 75.0 Å². The third kappa shape index (κ3) is 8.19. The number of benzene rings is 1. The molecular weight excluding hydrogens is 406 g/mol. The predicted octanol–water partition coefficient (Wildman–Crippen LogP) is 0.171. The van der Waals surface area contributed by atoms with Crippen molar-refractivity contribution >= 4 is 11.9 Å². The van der Waals surface area contributed by atoms with Gasteiger partial charge in [-0.05, 0) is 23.0 Å². The molecule has 1 aromatic carbocycles. The van der Waals surface area contributed by atoms with Crippen molar-refractivity contribution in [3.63, 3.8) is 0 Å². The number of hydrogen-bond donors (Lipinski definition) is 6. The summed E-state index contributed by atoms with van der Waals surface area (Å²) in [7, 11) is 0. The fourth-order valence-electron chi connectivity index (χ4n) is 2.97. The molecule has 4 atom stereocenters. The summed E-state index contributed by atoms with van der Waals surface area (Å²) in [6, 6.07) is 5.73. The average Bonchev–Trinajstić information content (AvgIpc) is 2.73. The van der Waals surface area contributed by atoms with Gasteiger partial charge in [0.2, 0.25) is 5.91 Å². The highest BCUT2D eigenvalue weighted by atomic mass is 16.5. The van der Waals surface area contributed by atoms with Crippen LogP contribution in [-0.2, 0) is 9.59 Å². The highest BCUT2D eigenvalue weighted by molar-refractivity contribution is 5.82. The zero-order chi connectivity index (χ0) is 23.7. The number of ether oxygens (including phenoxy) is 1. The fraction of sp³-hybridized carbons (Fsp3) is 0.636. The average molecular weight is 442 g/mol. The van der Waals surface area contributed by atoms with E-state index in [-0.39, 0.29) is 24.7 Å². The molecule has 0 spiro atoms. The van der Waals surface area contributed by atoms with Crippen LogP contribution in [0.15, 0.2) is 18.2 Å². The maximum atomic E-state index is 12.3. The first-order valence-corrected chi connectivity index (χ1v) is 10.4. The zero-order valence-electron chi connectivity index (χ0n) is 18.5. The quantitative estimate of drug-likeness (QED) is 0.198. The van der Waals surface area contributed by atoms with Crippen LogP contribution in [0.4, 0.5) is 0 Å². The maximum Gasteiger partial charge on any atom is 0.311 e. The maximum absolute atomic E-state index is 12.3. The summed E-state index contributed by atoms with van der Waals surface area (Å²) < 4.78 is 5.59. The van der Waals surface area contributed by atoms with Crippen molar-refractivity contribution in [1.82, 2.24) is 5.32 Å². The molecule has 9 nitrogen and oxygen atoms in total. The number of aliphatic hydroxyl groups excluding tert-OH is 5. The first kappa shape index (κ1) is 27.0. The Morgan fingerprint density at radius 1 is 0.903 bits per heavy atom. The Kier molecular flexibility index (Phi) is 11.1. The van der Waals surface area contributed by atoms with Crippen molar-refractivity contribution < 1.29 is 39.9 Å². The molecular formula is C22H35NO8. The summed E-state index contributed by atoms with van der Waals surface area (Å²) in [5.74, 6) is -0.295. The van der Waals surface area contributed by atoms with Crippen LogP contribution < -0.4 is 10.1 Å². The molecule has 0 saturated heterocycles. The lowest BCUT2D eigenvalue weighted by Crippen LogP contribution is -2.49. The Morgan fingerprint density at radius 2 is 1.42 bits per heavy atom. The molecule has 0 fully saturated rings. The van der Waals surface area contributed by atoms with Crippen molar-refractivity contribution in [2.75, 3.05) is 13.2 Å². The molecule has 31 heavy (non-hydrogen) atoms. The fourth-order valence-corrected chi connectivity index (χ4v) is 2.97. The molecule has 9 heteroatoms. The third-order valence-corrected chi connectivity index (χ3v) is 4.93. The molecule has 0 aromatic heterocycles. The minimum atomic E-state index is -1.77. The van der Waals surface area contributed by atoms with Crippen molar-refractivity contribution in [1.29, 1.82) is 0 Å². The van der Waals surface area contributed by atoms with E-state index in [4.69, 9.17) is 9.84 Å². The molecule has 0 aliphatic heterocycles. The summed E-state index contributed by atoms with van der Waals surface area (Å²) in [5.41, 5.74) is 1.81. The molecule has 0 aliphatic carbocycles. The Morgan fingerprint density at radius 3 is 1.90 bits per heavy atom. The summed E-state index contributed by atoms with van der Waals surface area (Å²) in [6.45, 7) is 6.80. The van der Waals surface area contributed by atoms with Crippen molar-refractivity contribution in [3.8, 4) is 5.75 Å². The van der Waals surface area contributed by atoms with Gasteiger partial charge in [-0.3, -0.25) is 9.59 Å². The van der Waals surface area contributed by atoms with Gasteiger partial charge in [0.15, 0.2) is 0 Å². The highest BCUT2D eigenvalue weighted by Crippen LogP contribution is 2.34. The molecule has 0 heterocycles. The van der Waals surface area contributed by atoms with E-state index in [1.807, 2.05) is 45.9 Å². The molecule has 1 aromatic rings.